The second-order valence-electron chi connectivity index (χ2n) is 7.53. The van der Waals surface area contributed by atoms with Gasteiger partial charge in [0.25, 0.3) is 0 Å². The van der Waals surface area contributed by atoms with Crippen LogP contribution in [0.1, 0.15) is 33.6 Å². The van der Waals surface area contributed by atoms with Gasteiger partial charge < -0.3 is 4.90 Å². The number of carbonyl (C=O) groups is 2. The van der Waals surface area contributed by atoms with Gasteiger partial charge in [-0.3, -0.25) is 14.9 Å². The third kappa shape index (κ3) is 3.90. The molecule has 1 aliphatic rings. The van der Waals surface area contributed by atoms with E-state index in [-0.39, 0.29) is 17.8 Å². The van der Waals surface area contributed by atoms with Gasteiger partial charge in [0.1, 0.15) is 6.04 Å². The van der Waals surface area contributed by atoms with Crippen molar-refractivity contribution in [1.82, 2.24) is 14.9 Å². The molecule has 3 rings (SSSR count). The fourth-order valence-electron chi connectivity index (χ4n) is 3.10. The maximum Gasteiger partial charge on any atom is 0.249 e. The van der Waals surface area contributed by atoms with Gasteiger partial charge in [0.15, 0.2) is 0 Å². The highest BCUT2D eigenvalue weighted by Crippen LogP contribution is 2.26. The molecule has 2 amide bonds. The average molecular weight is 352 g/mol. The van der Waals surface area contributed by atoms with Gasteiger partial charge in [-0.2, -0.15) is 0 Å². The predicted molar refractivity (Wildman–Crippen MR) is 100 cm³/mol. The summed E-state index contributed by atoms with van der Waals surface area (Å²) in [6.07, 6.45) is 3.11. The summed E-state index contributed by atoms with van der Waals surface area (Å²) in [5.41, 5.74) is 1.19. The molecule has 0 radical (unpaired) electrons. The molecular weight excluding hydrogens is 328 g/mol. The fourth-order valence-corrected chi connectivity index (χ4v) is 3.10. The number of amides is 2. The van der Waals surface area contributed by atoms with Gasteiger partial charge in [0.2, 0.25) is 17.8 Å². The minimum Gasteiger partial charge on any atom is -0.330 e. The second-order valence-corrected chi connectivity index (χ2v) is 7.53. The zero-order valence-corrected chi connectivity index (χ0v) is 15.4. The SMILES string of the molecule is CC(C)(C)C(=O)N1CCC[C@H]1C(=O)Nc1nccc(-c2ccccc2)n1. The van der Waals surface area contributed by atoms with Crippen molar-refractivity contribution < 1.29 is 9.59 Å². The largest absolute Gasteiger partial charge is 0.330 e. The summed E-state index contributed by atoms with van der Waals surface area (Å²) in [5.74, 6) is 0.0193. The van der Waals surface area contributed by atoms with E-state index in [0.29, 0.717) is 13.0 Å². The molecule has 1 fully saturated rings. The molecule has 1 atom stereocenters. The number of rotatable bonds is 3. The number of hydrogen-bond acceptors (Lipinski definition) is 4. The quantitative estimate of drug-likeness (QED) is 0.921. The van der Waals surface area contributed by atoms with Gasteiger partial charge in [-0.05, 0) is 18.9 Å². The minimum absolute atomic E-state index is 0.00546. The maximum atomic E-state index is 12.7. The van der Waals surface area contributed by atoms with Crippen LogP contribution in [-0.4, -0.2) is 39.3 Å². The third-order valence-corrected chi connectivity index (χ3v) is 4.42. The molecule has 1 saturated heterocycles. The molecule has 0 bridgehead atoms. The van der Waals surface area contributed by atoms with Crippen LogP contribution in [0, 0.1) is 5.41 Å². The summed E-state index contributed by atoms with van der Waals surface area (Å²) in [5, 5.41) is 2.78. The van der Waals surface area contributed by atoms with Crippen LogP contribution < -0.4 is 5.32 Å². The first kappa shape index (κ1) is 18.0. The second kappa shape index (κ2) is 7.23. The number of carbonyl (C=O) groups excluding carboxylic acids is 2. The van der Waals surface area contributed by atoms with Gasteiger partial charge in [-0.25, -0.2) is 9.97 Å². The Morgan fingerprint density at radius 3 is 2.58 bits per heavy atom. The van der Waals surface area contributed by atoms with Crippen molar-refractivity contribution in [2.45, 2.75) is 39.7 Å². The van der Waals surface area contributed by atoms with Crippen molar-refractivity contribution in [3.63, 3.8) is 0 Å². The van der Waals surface area contributed by atoms with Crippen LogP contribution in [0.4, 0.5) is 5.95 Å². The first-order valence-electron chi connectivity index (χ1n) is 8.86. The van der Waals surface area contributed by atoms with E-state index >= 15 is 0 Å². The number of hydrogen-bond donors (Lipinski definition) is 1. The summed E-state index contributed by atoms with van der Waals surface area (Å²) in [4.78, 5) is 35.6. The van der Waals surface area contributed by atoms with Crippen LogP contribution in [0.3, 0.4) is 0 Å². The molecule has 1 aliphatic heterocycles. The lowest BCUT2D eigenvalue weighted by molar-refractivity contribution is -0.143. The monoisotopic (exact) mass is 352 g/mol. The van der Waals surface area contributed by atoms with Crippen molar-refractivity contribution in [3.05, 3.63) is 42.6 Å². The van der Waals surface area contributed by atoms with Gasteiger partial charge in [0.05, 0.1) is 5.69 Å². The topological polar surface area (TPSA) is 75.2 Å². The lowest BCUT2D eigenvalue weighted by atomic mass is 9.94. The number of likely N-dealkylation sites (tertiary alicyclic amines) is 1. The highest BCUT2D eigenvalue weighted by Gasteiger charge is 2.38. The van der Waals surface area contributed by atoms with Gasteiger partial charge in [-0.15, -0.1) is 0 Å². The molecule has 26 heavy (non-hydrogen) atoms. The van der Waals surface area contributed by atoms with E-state index in [2.05, 4.69) is 15.3 Å². The molecule has 1 aromatic heterocycles. The van der Waals surface area contributed by atoms with Crippen molar-refractivity contribution in [3.8, 4) is 11.3 Å². The summed E-state index contributed by atoms with van der Waals surface area (Å²) < 4.78 is 0. The number of anilines is 1. The van der Waals surface area contributed by atoms with E-state index in [9.17, 15) is 9.59 Å². The van der Waals surface area contributed by atoms with Gasteiger partial charge in [0, 0.05) is 23.7 Å². The molecule has 1 N–H and O–H groups in total. The summed E-state index contributed by atoms with van der Waals surface area (Å²) in [6.45, 7) is 6.22. The van der Waals surface area contributed by atoms with Crippen LogP contribution >= 0.6 is 0 Å². The molecule has 0 spiro atoms. The molecule has 136 valence electrons. The Morgan fingerprint density at radius 2 is 1.88 bits per heavy atom. The zero-order chi connectivity index (χ0) is 18.7. The van der Waals surface area contributed by atoms with E-state index in [4.69, 9.17) is 0 Å². The van der Waals surface area contributed by atoms with Crippen molar-refractivity contribution in [2.75, 3.05) is 11.9 Å². The van der Waals surface area contributed by atoms with E-state index in [1.165, 1.54) is 0 Å². The van der Waals surface area contributed by atoms with Gasteiger partial charge in [-0.1, -0.05) is 51.1 Å². The Kier molecular flexibility index (Phi) is 5.02. The number of nitrogens with zero attached hydrogens (tertiary/aromatic N) is 3. The molecule has 6 heteroatoms. The minimum atomic E-state index is -0.507. The van der Waals surface area contributed by atoms with E-state index in [0.717, 1.165) is 17.7 Å². The smallest absolute Gasteiger partial charge is 0.249 e. The van der Waals surface area contributed by atoms with Crippen LogP contribution in [-0.2, 0) is 9.59 Å². The highest BCUT2D eigenvalue weighted by molar-refractivity contribution is 5.97. The molecule has 6 nitrogen and oxygen atoms in total. The molecule has 2 heterocycles. The molecule has 1 aromatic carbocycles. The zero-order valence-electron chi connectivity index (χ0n) is 15.4. The first-order valence-corrected chi connectivity index (χ1v) is 8.86. The lowest BCUT2D eigenvalue weighted by Crippen LogP contribution is -2.47. The normalized spacial score (nSPS) is 17.2. The average Bonchev–Trinajstić information content (AvgIpc) is 3.11. The highest BCUT2D eigenvalue weighted by atomic mass is 16.2. The summed E-state index contributed by atoms with van der Waals surface area (Å²) in [6, 6.07) is 11.0. The maximum absolute atomic E-state index is 12.7. The van der Waals surface area contributed by atoms with Crippen molar-refractivity contribution >= 4 is 17.8 Å². The molecule has 0 aliphatic carbocycles. The molecule has 2 aromatic rings. The van der Waals surface area contributed by atoms with Crippen LogP contribution in [0.5, 0.6) is 0 Å². The van der Waals surface area contributed by atoms with E-state index < -0.39 is 11.5 Å². The molecular formula is C20H24N4O2. The Bertz CT molecular complexity index is 799. The Morgan fingerprint density at radius 1 is 1.15 bits per heavy atom. The number of aromatic nitrogens is 2. The summed E-state index contributed by atoms with van der Waals surface area (Å²) in [7, 11) is 0. The molecule has 0 unspecified atom stereocenters. The Hall–Kier alpha value is -2.76. The van der Waals surface area contributed by atoms with Gasteiger partial charge >= 0.3 is 0 Å². The molecule has 0 saturated carbocycles. The standard InChI is InChI=1S/C20H24N4O2/c1-20(2,3)18(26)24-13-7-10-16(24)17(25)23-19-21-12-11-15(22-19)14-8-5-4-6-9-14/h4-6,8-9,11-12,16H,7,10,13H2,1-3H3,(H,21,22,23,25)/t16-/m0/s1. The van der Waals surface area contributed by atoms with Crippen molar-refractivity contribution in [1.29, 1.82) is 0 Å². The van der Waals surface area contributed by atoms with E-state index in [1.54, 1.807) is 17.2 Å². The number of nitrogens with one attached hydrogen (secondary N) is 1. The fraction of sp³-hybridized carbons (Fsp3) is 0.400. The van der Waals surface area contributed by atoms with Crippen LogP contribution in [0.15, 0.2) is 42.6 Å². The third-order valence-electron chi connectivity index (χ3n) is 4.42. The van der Waals surface area contributed by atoms with Crippen molar-refractivity contribution in [2.24, 2.45) is 5.41 Å². The Balaban J connectivity index is 1.75. The first-order chi connectivity index (χ1) is 12.4. The summed E-state index contributed by atoms with van der Waals surface area (Å²) >= 11 is 0. The lowest BCUT2D eigenvalue weighted by Gasteiger charge is -2.30. The van der Waals surface area contributed by atoms with E-state index in [1.807, 2.05) is 51.1 Å². The predicted octanol–water partition coefficient (Wildman–Crippen LogP) is 3.12. The number of benzene rings is 1. The van der Waals surface area contributed by atoms with Crippen LogP contribution in [0.2, 0.25) is 0 Å². The Labute approximate surface area is 153 Å². The van der Waals surface area contributed by atoms with Crippen LogP contribution in [0.25, 0.3) is 11.3 Å².